The summed E-state index contributed by atoms with van der Waals surface area (Å²) in [6.45, 7) is 5.08. The molecule has 0 aliphatic carbocycles. The molecule has 0 aliphatic rings. The molecule has 2 aromatic carbocycles. The zero-order valence-corrected chi connectivity index (χ0v) is 12.0. The molecule has 0 radical (unpaired) electrons. The molecule has 3 heteroatoms. The molecule has 2 aromatic rings. The van der Waals surface area contributed by atoms with Crippen LogP contribution in [0.3, 0.4) is 0 Å². The third-order valence-electron chi connectivity index (χ3n) is 3.12. The first-order valence-electron chi connectivity index (χ1n) is 6.92. The maximum atomic E-state index is 6.02. The highest BCUT2D eigenvalue weighted by atomic mass is 16.5. The van der Waals surface area contributed by atoms with Crippen molar-refractivity contribution in [1.82, 2.24) is 0 Å². The molecule has 1 atom stereocenters. The van der Waals surface area contributed by atoms with Gasteiger partial charge in [-0.25, -0.2) is 0 Å². The molecule has 0 bridgehead atoms. The van der Waals surface area contributed by atoms with E-state index in [1.165, 1.54) is 0 Å². The Morgan fingerprint density at radius 1 is 1.05 bits per heavy atom. The Hall–Kier alpha value is -2.00. The predicted octanol–water partition coefficient (Wildman–Crippen LogP) is 3.68. The molecule has 1 unspecified atom stereocenters. The lowest BCUT2D eigenvalue weighted by molar-refractivity contribution is 0.210. The van der Waals surface area contributed by atoms with Crippen LogP contribution >= 0.6 is 0 Å². The van der Waals surface area contributed by atoms with Crippen LogP contribution in [0.4, 0.5) is 0 Å². The summed E-state index contributed by atoms with van der Waals surface area (Å²) in [4.78, 5) is 0. The summed E-state index contributed by atoms with van der Waals surface area (Å²) in [5.74, 6) is 1.50. The monoisotopic (exact) mass is 271 g/mol. The smallest absolute Gasteiger partial charge is 0.162 e. The van der Waals surface area contributed by atoms with E-state index >= 15 is 0 Å². The van der Waals surface area contributed by atoms with E-state index in [4.69, 9.17) is 15.2 Å². The molecule has 3 nitrogen and oxygen atoms in total. The zero-order valence-electron chi connectivity index (χ0n) is 12.0. The second-order valence-corrected chi connectivity index (χ2v) is 4.59. The van der Waals surface area contributed by atoms with Gasteiger partial charge < -0.3 is 15.2 Å². The van der Waals surface area contributed by atoms with E-state index in [0.29, 0.717) is 13.2 Å². The molecule has 0 aromatic heterocycles. The number of benzene rings is 2. The minimum Gasteiger partial charge on any atom is -0.490 e. The van der Waals surface area contributed by atoms with Crippen LogP contribution in [0.15, 0.2) is 48.5 Å². The van der Waals surface area contributed by atoms with E-state index in [0.717, 1.165) is 22.6 Å². The van der Waals surface area contributed by atoms with Crippen LogP contribution < -0.4 is 15.2 Å². The van der Waals surface area contributed by atoms with E-state index in [1.807, 2.05) is 50.2 Å². The molecular formula is C17H21NO2. The Morgan fingerprint density at radius 2 is 1.80 bits per heavy atom. The summed E-state index contributed by atoms with van der Waals surface area (Å²) < 4.78 is 11.7. The van der Waals surface area contributed by atoms with Gasteiger partial charge in [-0.3, -0.25) is 0 Å². The number of nitrogens with two attached hydrogens (primary N) is 1. The molecule has 0 spiro atoms. The molecule has 0 aliphatic heterocycles. The van der Waals surface area contributed by atoms with Gasteiger partial charge in [-0.05, 0) is 37.1 Å². The molecule has 0 saturated heterocycles. The van der Waals surface area contributed by atoms with Crippen LogP contribution in [0.1, 0.15) is 31.1 Å². The second-order valence-electron chi connectivity index (χ2n) is 4.59. The normalized spacial score (nSPS) is 11.9. The lowest BCUT2D eigenvalue weighted by atomic mass is 10.1. The largest absolute Gasteiger partial charge is 0.490 e. The fraction of sp³-hybridized carbons (Fsp3) is 0.294. The minimum absolute atomic E-state index is 0.0286. The topological polar surface area (TPSA) is 44.5 Å². The Morgan fingerprint density at radius 3 is 2.45 bits per heavy atom. The Kier molecular flexibility index (Phi) is 5.02. The highest BCUT2D eigenvalue weighted by Gasteiger charge is 2.11. The van der Waals surface area contributed by atoms with Gasteiger partial charge in [0.05, 0.1) is 6.61 Å². The standard InChI is InChI=1S/C17H21NO2/c1-3-19-17-11-14(12-18)9-10-16(17)20-13(2)15-7-5-4-6-8-15/h4-11,13H,3,12,18H2,1-2H3. The van der Waals surface area contributed by atoms with Crippen LogP contribution in [-0.4, -0.2) is 6.61 Å². The highest BCUT2D eigenvalue weighted by Crippen LogP contribution is 2.32. The summed E-state index contributed by atoms with van der Waals surface area (Å²) in [5.41, 5.74) is 7.83. The first kappa shape index (κ1) is 14.4. The van der Waals surface area contributed by atoms with Crippen LogP contribution in [-0.2, 0) is 6.54 Å². The van der Waals surface area contributed by atoms with Crippen molar-refractivity contribution in [2.24, 2.45) is 5.73 Å². The van der Waals surface area contributed by atoms with E-state index in [9.17, 15) is 0 Å². The third-order valence-corrected chi connectivity index (χ3v) is 3.12. The van der Waals surface area contributed by atoms with Crippen LogP contribution in [0.2, 0.25) is 0 Å². The minimum atomic E-state index is -0.0286. The van der Waals surface area contributed by atoms with Gasteiger partial charge in [0, 0.05) is 6.54 Å². The van der Waals surface area contributed by atoms with Crippen molar-refractivity contribution in [2.45, 2.75) is 26.5 Å². The predicted molar refractivity (Wildman–Crippen MR) is 81.0 cm³/mol. The molecule has 0 saturated carbocycles. The summed E-state index contributed by atoms with van der Waals surface area (Å²) in [5, 5.41) is 0. The Balaban J connectivity index is 2.19. The van der Waals surface area contributed by atoms with Crippen molar-refractivity contribution >= 4 is 0 Å². The first-order valence-corrected chi connectivity index (χ1v) is 6.92. The Bertz CT molecular complexity index is 540. The average molecular weight is 271 g/mol. The van der Waals surface area contributed by atoms with E-state index in [2.05, 4.69) is 12.1 Å². The molecule has 2 N–H and O–H groups in total. The lowest BCUT2D eigenvalue weighted by Gasteiger charge is -2.18. The van der Waals surface area contributed by atoms with Crippen LogP contribution in [0.5, 0.6) is 11.5 Å². The third kappa shape index (κ3) is 3.52. The van der Waals surface area contributed by atoms with E-state index in [1.54, 1.807) is 0 Å². The summed E-state index contributed by atoms with van der Waals surface area (Å²) in [6.07, 6.45) is -0.0286. The van der Waals surface area contributed by atoms with Crippen LogP contribution in [0, 0.1) is 0 Å². The van der Waals surface area contributed by atoms with Gasteiger partial charge in [0.2, 0.25) is 0 Å². The highest BCUT2D eigenvalue weighted by molar-refractivity contribution is 5.43. The quantitative estimate of drug-likeness (QED) is 0.871. The van der Waals surface area contributed by atoms with Crippen molar-refractivity contribution < 1.29 is 9.47 Å². The maximum absolute atomic E-state index is 6.02. The molecule has 20 heavy (non-hydrogen) atoms. The number of hydrogen-bond acceptors (Lipinski definition) is 3. The first-order chi connectivity index (χ1) is 9.74. The maximum Gasteiger partial charge on any atom is 0.162 e. The summed E-state index contributed by atoms with van der Waals surface area (Å²) in [6, 6.07) is 16.0. The number of ether oxygens (including phenoxy) is 2. The fourth-order valence-electron chi connectivity index (χ4n) is 2.03. The molecule has 0 amide bonds. The van der Waals surface area contributed by atoms with Gasteiger partial charge in [-0.2, -0.15) is 0 Å². The van der Waals surface area contributed by atoms with Crippen molar-refractivity contribution in [2.75, 3.05) is 6.61 Å². The lowest BCUT2D eigenvalue weighted by Crippen LogP contribution is -2.06. The van der Waals surface area contributed by atoms with Crippen molar-refractivity contribution in [3.05, 3.63) is 59.7 Å². The van der Waals surface area contributed by atoms with Crippen LogP contribution in [0.25, 0.3) is 0 Å². The second kappa shape index (κ2) is 6.96. The van der Waals surface area contributed by atoms with Gasteiger partial charge in [0.1, 0.15) is 6.10 Å². The van der Waals surface area contributed by atoms with Gasteiger partial charge in [0.25, 0.3) is 0 Å². The fourth-order valence-corrected chi connectivity index (χ4v) is 2.03. The SMILES string of the molecule is CCOc1cc(CN)ccc1OC(C)c1ccccc1. The number of hydrogen-bond donors (Lipinski definition) is 1. The van der Waals surface area contributed by atoms with Gasteiger partial charge in [-0.1, -0.05) is 36.4 Å². The summed E-state index contributed by atoms with van der Waals surface area (Å²) >= 11 is 0. The zero-order chi connectivity index (χ0) is 14.4. The average Bonchev–Trinajstić information content (AvgIpc) is 2.50. The molecular weight excluding hydrogens is 250 g/mol. The van der Waals surface area contributed by atoms with Crippen molar-refractivity contribution in [1.29, 1.82) is 0 Å². The summed E-state index contributed by atoms with van der Waals surface area (Å²) in [7, 11) is 0. The molecule has 0 heterocycles. The van der Waals surface area contributed by atoms with Gasteiger partial charge >= 0.3 is 0 Å². The molecule has 2 rings (SSSR count). The Labute approximate surface area is 120 Å². The van der Waals surface area contributed by atoms with E-state index in [-0.39, 0.29) is 6.10 Å². The molecule has 0 fully saturated rings. The number of rotatable bonds is 6. The van der Waals surface area contributed by atoms with Crippen molar-refractivity contribution in [3.63, 3.8) is 0 Å². The van der Waals surface area contributed by atoms with E-state index < -0.39 is 0 Å². The van der Waals surface area contributed by atoms with Gasteiger partial charge in [-0.15, -0.1) is 0 Å². The molecule has 106 valence electrons. The van der Waals surface area contributed by atoms with Gasteiger partial charge in [0.15, 0.2) is 11.5 Å². The van der Waals surface area contributed by atoms with Crippen molar-refractivity contribution in [3.8, 4) is 11.5 Å².